The molecule has 0 spiro atoms. The number of nitrogens with one attached hydrogen (secondary N) is 1. The van der Waals surface area contributed by atoms with Crippen LogP contribution in [-0.4, -0.2) is 150 Å². The summed E-state index contributed by atoms with van der Waals surface area (Å²) in [6.45, 7) is 11.9. The summed E-state index contributed by atoms with van der Waals surface area (Å²) in [5, 5.41) is 23.4. The van der Waals surface area contributed by atoms with Gasteiger partial charge in [0.2, 0.25) is 11.1 Å². The Bertz CT molecular complexity index is 3210. The van der Waals surface area contributed by atoms with Crippen LogP contribution in [0.4, 0.5) is 29.0 Å². The van der Waals surface area contributed by atoms with Crippen LogP contribution in [0.5, 0.6) is 0 Å². The number of nitriles is 2. The third kappa shape index (κ3) is 12.6. The maximum atomic E-state index is 13.0. The van der Waals surface area contributed by atoms with Gasteiger partial charge in [-0.2, -0.15) is 15.5 Å². The predicted octanol–water partition coefficient (Wildman–Crippen LogP) is 5.70. The Labute approximate surface area is 450 Å². The molecule has 6 aromatic heterocycles. The van der Waals surface area contributed by atoms with E-state index >= 15 is 0 Å². The maximum absolute atomic E-state index is 13.0. The van der Waals surface area contributed by atoms with E-state index < -0.39 is 10.8 Å². The van der Waals surface area contributed by atoms with Crippen molar-refractivity contribution in [1.82, 2.24) is 48.8 Å². The summed E-state index contributed by atoms with van der Waals surface area (Å²) in [6, 6.07) is 16.5. The second-order valence-corrected chi connectivity index (χ2v) is 21.9. The fourth-order valence-electron chi connectivity index (χ4n) is 11.8. The lowest BCUT2D eigenvalue weighted by atomic mass is 10.0. The van der Waals surface area contributed by atoms with Crippen molar-refractivity contribution in [3.05, 3.63) is 93.0 Å². The number of piperidine rings is 2. The van der Waals surface area contributed by atoms with Crippen molar-refractivity contribution in [2.24, 2.45) is 0 Å². The zero-order valence-corrected chi connectivity index (χ0v) is 44.7. The maximum Gasteiger partial charge on any atom is 0.270 e. The SMILES string of the molecule is CS(=O)c1ncc2cc(C#N)c(=O)n(C3CCCC3)c2n1.N#Cc1cc2cnc(Nc3ccc(N4CCC(N5CCOCC5)CC4)nc3)nc2n(C2CCCC2)c1=O.Nc1ccc(N2CCC(N3CCOCC3)CC2)nc1. The van der Waals surface area contributed by atoms with Crippen molar-refractivity contribution in [3.8, 4) is 12.1 Å². The van der Waals surface area contributed by atoms with Crippen molar-refractivity contribution in [2.75, 3.05) is 106 Å². The fourth-order valence-corrected chi connectivity index (χ4v) is 12.2. The molecule has 2 saturated carbocycles. The van der Waals surface area contributed by atoms with Gasteiger partial charge < -0.3 is 30.3 Å². The summed E-state index contributed by atoms with van der Waals surface area (Å²) in [5.41, 5.74) is 7.89. The molecule has 10 heterocycles. The van der Waals surface area contributed by atoms with Gasteiger partial charge in [0.1, 0.15) is 46.2 Å². The Morgan fingerprint density at radius 3 is 1.49 bits per heavy atom. The lowest BCUT2D eigenvalue weighted by molar-refractivity contribution is 0.0114. The highest BCUT2D eigenvalue weighted by Crippen LogP contribution is 2.33. The number of nitrogen functional groups attached to an aromatic ring is 1. The number of morpholine rings is 2. The van der Waals surface area contributed by atoms with Gasteiger partial charge in [-0.3, -0.25) is 32.7 Å². The summed E-state index contributed by atoms with van der Waals surface area (Å²) in [5.74, 6) is 2.43. The van der Waals surface area contributed by atoms with Crippen molar-refractivity contribution >= 4 is 61.8 Å². The monoisotopic (exact) mass is 1060 g/mol. The van der Waals surface area contributed by atoms with Gasteiger partial charge >= 0.3 is 0 Å². The summed E-state index contributed by atoms with van der Waals surface area (Å²) >= 11 is 0. The molecule has 0 bridgehead atoms. The molecular formula is C55H68N16O5S. The Morgan fingerprint density at radius 2 is 1.05 bits per heavy atom. The Hall–Kier alpha value is -6.95. The van der Waals surface area contributed by atoms with E-state index in [0.29, 0.717) is 40.1 Å². The second-order valence-electron chi connectivity index (χ2n) is 20.6. The molecule has 12 rings (SSSR count). The molecule has 4 aliphatic heterocycles. The van der Waals surface area contributed by atoms with E-state index in [1.54, 1.807) is 33.8 Å². The van der Waals surface area contributed by atoms with E-state index in [1.807, 2.05) is 36.4 Å². The molecular weight excluding hydrogens is 997 g/mol. The molecule has 0 radical (unpaired) electrons. The number of fused-ring (bicyclic) bond motifs is 2. The van der Waals surface area contributed by atoms with Gasteiger partial charge in [-0.05, 0) is 87.8 Å². The third-order valence-corrected chi connectivity index (χ3v) is 16.6. The van der Waals surface area contributed by atoms with Crippen LogP contribution in [-0.2, 0) is 20.3 Å². The van der Waals surface area contributed by atoms with E-state index in [2.05, 4.69) is 44.9 Å². The summed E-state index contributed by atoms with van der Waals surface area (Å²) < 4.78 is 25.8. The van der Waals surface area contributed by atoms with Crippen LogP contribution in [0.25, 0.3) is 22.1 Å². The van der Waals surface area contributed by atoms with Crippen LogP contribution in [0, 0.1) is 22.7 Å². The number of aromatic nitrogens is 8. The number of pyridine rings is 4. The summed E-state index contributed by atoms with van der Waals surface area (Å²) in [7, 11) is -1.31. The molecule has 22 heteroatoms. The minimum absolute atomic E-state index is 0.0568. The van der Waals surface area contributed by atoms with Gasteiger partial charge in [0.25, 0.3) is 11.1 Å². The van der Waals surface area contributed by atoms with Gasteiger partial charge in [-0.15, -0.1) is 0 Å². The molecule has 2 aliphatic carbocycles. The standard InChI is InChI=1S/C27H32N8O2.C14H14N4O2S.C14H22N4O/c28-16-19-15-20-17-30-27(32-25(20)35(26(19)36)23-3-1-2-4-23)31-21-5-6-24(29-18-21)34-9-7-22(8-10-34)33-11-13-37-14-12-33;1-21(20)14-16-8-10-6-9(7-15)13(19)18(12(10)17-14)11-4-2-3-5-11;15-12-1-2-14(16-11-12)18-5-3-13(4-6-18)17-7-9-19-10-8-17/h5-6,15,17-18,22-23H,1-4,7-14H2,(H,30,31,32);6,8,11H,2-5H2,1H3;1-2,11,13H,3-10,15H2. The zero-order valence-electron chi connectivity index (χ0n) is 43.8. The number of anilines is 5. The number of nitrogens with zero attached hydrogens (tertiary/aromatic N) is 14. The van der Waals surface area contributed by atoms with Crippen LogP contribution in [0.2, 0.25) is 0 Å². The van der Waals surface area contributed by atoms with Crippen LogP contribution in [0.3, 0.4) is 0 Å². The second kappa shape index (κ2) is 25.0. The molecule has 21 nitrogen and oxygen atoms in total. The van der Waals surface area contributed by atoms with Gasteiger partial charge in [0.05, 0.1) is 61.0 Å². The van der Waals surface area contributed by atoms with E-state index in [9.17, 15) is 19.1 Å². The average molecular weight is 1070 g/mol. The van der Waals surface area contributed by atoms with Crippen molar-refractivity contribution < 1.29 is 13.7 Å². The van der Waals surface area contributed by atoms with Crippen molar-refractivity contribution in [3.63, 3.8) is 0 Å². The number of hydrogen-bond donors (Lipinski definition) is 2. The lowest BCUT2D eigenvalue weighted by Crippen LogP contribution is -2.49. The molecule has 1 unspecified atom stereocenters. The van der Waals surface area contributed by atoms with E-state index in [0.717, 1.165) is 166 Å². The molecule has 1 atom stereocenters. The first-order valence-corrected chi connectivity index (χ1v) is 28.8. The predicted molar refractivity (Wildman–Crippen MR) is 296 cm³/mol. The van der Waals surface area contributed by atoms with Crippen molar-refractivity contribution in [2.45, 2.75) is 106 Å². The topological polar surface area (TPSA) is 255 Å². The first-order chi connectivity index (χ1) is 37.6. The van der Waals surface area contributed by atoms with Gasteiger partial charge in [-0.1, -0.05) is 25.7 Å². The molecule has 6 aliphatic rings. The van der Waals surface area contributed by atoms with E-state index in [1.165, 1.54) is 31.4 Å². The molecule has 4 saturated heterocycles. The average Bonchev–Trinajstić information content (AvgIpc) is 4.26. The lowest BCUT2D eigenvalue weighted by Gasteiger charge is -2.40. The normalized spacial score (nSPS) is 19.7. The summed E-state index contributed by atoms with van der Waals surface area (Å²) in [4.78, 5) is 61.9. The first-order valence-electron chi connectivity index (χ1n) is 27.2. The van der Waals surface area contributed by atoms with Crippen LogP contribution in [0.15, 0.2) is 75.9 Å². The Kier molecular flexibility index (Phi) is 17.4. The third-order valence-electron chi connectivity index (χ3n) is 15.9. The minimum atomic E-state index is -1.31. The number of nitrogens with two attached hydrogens (primary N) is 1. The number of rotatable bonds is 9. The largest absolute Gasteiger partial charge is 0.397 e. The molecule has 6 aromatic rings. The molecule has 3 N–H and O–H groups in total. The molecule has 6 fully saturated rings. The van der Waals surface area contributed by atoms with Gasteiger partial charge in [-0.25, -0.2) is 24.9 Å². The zero-order chi connectivity index (χ0) is 53.3. The van der Waals surface area contributed by atoms with Gasteiger partial charge in [0.15, 0.2) is 0 Å². The molecule has 0 aromatic carbocycles. The van der Waals surface area contributed by atoms with Crippen LogP contribution >= 0.6 is 0 Å². The van der Waals surface area contributed by atoms with Gasteiger partial charge in [0, 0.05) is 106 Å². The molecule has 0 amide bonds. The van der Waals surface area contributed by atoms with E-state index in [-0.39, 0.29) is 39.5 Å². The fraction of sp³-hybridized carbons (Fsp3) is 0.527. The van der Waals surface area contributed by atoms with Crippen LogP contribution < -0.4 is 32.0 Å². The smallest absolute Gasteiger partial charge is 0.270 e. The first kappa shape index (κ1) is 53.4. The Balaban J connectivity index is 0.000000143. The highest BCUT2D eigenvalue weighted by atomic mass is 32.2. The highest BCUT2D eigenvalue weighted by Gasteiger charge is 2.29. The number of hydrogen-bond acceptors (Lipinski definition) is 19. The van der Waals surface area contributed by atoms with Crippen molar-refractivity contribution in [1.29, 1.82) is 10.5 Å². The highest BCUT2D eigenvalue weighted by molar-refractivity contribution is 7.84. The van der Waals surface area contributed by atoms with Crippen LogP contribution in [0.1, 0.15) is 100 Å². The molecule has 77 heavy (non-hydrogen) atoms. The quantitative estimate of drug-likeness (QED) is 0.165. The number of ether oxygens (including phenoxy) is 2. The molecule has 404 valence electrons. The van der Waals surface area contributed by atoms with E-state index in [4.69, 9.17) is 30.4 Å². The minimum Gasteiger partial charge on any atom is -0.397 e. The Morgan fingerprint density at radius 1 is 0.584 bits per heavy atom. The summed E-state index contributed by atoms with van der Waals surface area (Å²) in [6.07, 6.45) is 20.9.